The number of nitrogens with zero attached hydrogens (tertiary/aromatic N) is 1. The van der Waals surface area contributed by atoms with Crippen molar-refractivity contribution >= 4 is 48.6 Å². The Morgan fingerprint density at radius 1 is 0.350 bits per heavy atom. The minimum Gasteiger partial charge on any atom is -0.310 e. The topological polar surface area (TPSA) is 3.24 Å². The van der Waals surface area contributed by atoms with E-state index >= 15 is 0 Å². The molecule has 0 N–H and O–H groups in total. The first kappa shape index (κ1) is 35.0. The third-order valence-electron chi connectivity index (χ3n) is 13.4. The maximum atomic E-state index is 2.45. The van der Waals surface area contributed by atoms with Gasteiger partial charge in [0.05, 0.1) is 5.41 Å². The third-order valence-corrected chi connectivity index (χ3v) is 14.5. The van der Waals surface area contributed by atoms with Crippen LogP contribution in [0.2, 0.25) is 0 Å². The molecule has 0 atom stereocenters. The number of fused-ring (bicyclic) bond motifs is 9. The summed E-state index contributed by atoms with van der Waals surface area (Å²) in [6.07, 6.45) is 0. The van der Waals surface area contributed by atoms with Crippen molar-refractivity contribution in [2.75, 3.05) is 4.90 Å². The fraction of sp³-hybridized carbons (Fsp3) is 0.0690. The van der Waals surface area contributed by atoms with Crippen LogP contribution in [0.1, 0.15) is 47.2 Å². The Labute approximate surface area is 355 Å². The third kappa shape index (κ3) is 5.04. The molecule has 0 bridgehead atoms. The van der Waals surface area contributed by atoms with Gasteiger partial charge in [-0.2, -0.15) is 0 Å². The molecule has 0 saturated carbocycles. The van der Waals surface area contributed by atoms with Crippen LogP contribution in [0, 0.1) is 0 Å². The van der Waals surface area contributed by atoms with Gasteiger partial charge in [0.15, 0.2) is 0 Å². The van der Waals surface area contributed by atoms with Gasteiger partial charge in [0.25, 0.3) is 0 Å². The minimum absolute atomic E-state index is 0.0565. The smallest absolute Gasteiger partial charge is 0.0713 e. The molecule has 0 saturated heterocycles. The standard InChI is InChI=1S/C58H41NS/c1-57(2)51-23-10-6-21-47(51)50-36-43(32-34-52(50)57)59(44-31-33-49-48-22-9-13-26-55(48)60-56(49)37-44)42-18-14-15-39(35-42)38-27-29-41(30-28-38)58(40-16-4-3-5-17-40)53-24-11-7-19-45(53)46-20-8-12-25-54(46)58/h3-37H,1-2H3. The lowest BCUT2D eigenvalue weighted by atomic mass is 9.67. The van der Waals surface area contributed by atoms with Crippen LogP contribution in [0.3, 0.4) is 0 Å². The van der Waals surface area contributed by atoms with Crippen molar-refractivity contribution in [2.45, 2.75) is 24.7 Å². The van der Waals surface area contributed by atoms with Gasteiger partial charge in [0.2, 0.25) is 0 Å². The quantitative estimate of drug-likeness (QED) is 0.162. The van der Waals surface area contributed by atoms with Crippen molar-refractivity contribution in [1.82, 2.24) is 0 Å². The zero-order valence-electron chi connectivity index (χ0n) is 33.6. The molecule has 60 heavy (non-hydrogen) atoms. The predicted octanol–water partition coefficient (Wildman–Crippen LogP) is 15.9. The second-order valence-corrected chi connectivity index (χ2v) is 17.9. The molecule has 2 heteroatoms. The first-order chi connectivity index (χ1) is 29.5. The Bertz CT molecular complexity index is 3250. The molecule has 2 aliphatic rings. The maximum Gasteiger partial charge on any atom is 0.0713 e. The summed E-state index contributed by atoms with van der Waals surface area (Å²) in [4.78, 5) is 2.45. The fourth-order valence-corrected chi connectivity index (χ4v) is 11.7. The number of hydrogen-bond acceptors (Lipinski definition) is 2. The summed E-state index contributed by atoms with van der Waals surface area (Å²) in [6, 6.07) is 79.2. The van der Waals surface area contributed by atoms with Crippen molar-refractivity contribution < 1.29 is 0 Å². The minimum atomic E-state index is -0.419. The van der Waals surface area contributed by atoms with E-state index in [0.29, 0.717) is 0 Å². The molecule has 12 rings (SSSR count). The lowest BCUT2D eigenvalue weighted by Gasteiger charge is -2.34. The van der Waals surface area contributed by atoms with Gasteiger partial charge in [0, 0.05) is 42.6 Å². The van der Waals surface area contributed by atoms with Crippen molar-refractivity contribution in [2.24, 2.45) is 0 Å². The predicted molar refractivity (Wildman–Crippen MR) is 254 cm³/mol. The van der Waals surface area contributed by atoms with Gasteiger partial charge in [-0.1, -0.05) is 184 Å². The van der Waals surface area contributed by atoms with E-state index in [9.17, 15) is 0 Å². The highest BCUT2D eigenvalue weighted by molar-refractivity contribution is 7.25. The summed E-state index contributed by atoms with van der Waals surface area (Å²) in [6.45, 7) is 4.70. The van der Waals surface area contributed by atoms with Gasteiger partial charge in [-0.05, 0) is 109 Å². The van der Waals surface area contributed by atoms with Crippen LogP contribution in [0.15, 0.2) is 212 Å². The molecule has 0 unspecified atom stereocenters. The Balaban J connectivity index is 1.00. The Hall–Kier alpha value is -7.00. The zero-order chi connectivity index (χ0) is 40.0. The van der Waals surface area contributed by atoms with Crippen molar-refractivity contribution in [3.63, 3.8) is 0 Å². The van der Waals surface area contributed by atoms with Crippen LogP contribution in [-0.4, -0.2) is 0 Å². The molecule has 9 aromatic carbocycles. The Morgan fingerprint density at radius 3 is 1.65 bits per heavy atom. The SMILES string of the molecule is CC1(C)c2ccccc2-c2cc(N(c3cccc(-c4ccc(C5(c6ccccc6)c6ccccc6-c6ccccc65)cc4)c3)c3ccc4c(c3)sc3ccccc34)ccc21. The highest BCUT2D eigenvalue weighted by Gasteiger charge is 2.45. The van der Waals surface area contributed by atoms with Crippen LogP contribution in [-0.2, 0) is 10.8 Å². The summed E-state index contributed by atoms with van der Waals surface area (Å²) < 4.78 is 2.61. The largest absolute Gasteiger partial charge is 0.310 e. The molecular weight excluding hydrogens is 743 g/mol. The summed E-state index contributed by atoms with van der Waals surface area (Å²) in [5.41, 5.74) is 18.6. The molecule has 0 spiro atoms. The van der Waals surface area contributed by atoms with E-state index in [4.69, 9.17) is 0 Å². The molecule has 1 heterocycles. The average Bonchev–Trinajstić information content (AvgIpc) is 3.90. The number of hydrogen-bond donors (Lipinski definition) is 0. The van der Waals surface area contributed by atoms with Gasteiger partial charge >= 0.3 is 0 Å². The average molecular weight is 784 g/mol. The summed E-state index contributed by atoms with van der Waals surface area (Å²) in [5, 5.41) is 2.62. The number of anilines is 3. The van der Waals surface area contributed by atoms with Crippen LogP contribution >= 0.6 is 11.3 Å². The number of benzene rings is 9. The highest BCUT2D eigenvalue weighted by Crippen LogP contribution is 2.56. The molecule has 284 valence electrons. The van der Waals surface area contributed by atoms with E-state index in [1.54, 1.807) is 0 Å². The van der Waals surface area contributed by atoms with Gasteiger partial charge in [-0.3, -0.25) is 0 Å². The molecule has 10 aromatic rings. The Kier molecular flexibility index (Phi) is 7.73. The van der Waals surface area contributed by atoms with Crippen LogP contribution in [0.4, 0.5) is 17.1 Å². The maximum absolute atomic E-state index is 2.45. The molecule has 0 radical (unpaired) electrons. The number of rotatable bonds is 6. The molecule has 0 fully saturated rings. The van der Waals surface area contributed by atoms with Crippen molar-refractivity contribution in [3.05, 3.63) is 246 Å². The van der Waals surface area contributed by atoms with Gasteiger partial charge in [-0.25, -0.2) is 0 Å². The first-order valence-electron chi connectivity index (χ1n) is 20.9. The summed E-state index contributed by atoms with van der Waals surface area (Å²) in [7, 11) is 0. The molecule has 0 amide bonds. The van der Waals surface area contributed by atoms with E-state index in [2.05, 4.69) is 231 Å². The fourth-order valence-electron chi connectivity index (χ4n) is 10.6. The monoisotopic (exact) mass is 783 g/mol. The lowest BCUT2D eigenvalue weighted by Crippen LogP contribution is -2.28. The van der Waals surface area contributed by atoms with Crippen LogP contribution in [0.5, 0.6) is 0 Å². The molecular formula is C58H41NS. The van der Waals surface area contributed by atoms with E-state index in [1.165, 1.54) is 86.9 Å². The highest BCUT2D eigenvalue weighted by atomic mass is 32.1. The van der Waals surface area contributed by atoms with Crippen LogP contribution in [0.25, 0.3) is 53.6 Å². The first-order valence-corrected chi connectivity index (χ1v) is 21.7. The second-order valence-electron chi connectivity index (χ2n) is 16.8. The van der Waals surface area contributed by atoms with Crippen molar-refractivity contribution in [3.8, 4) is 33.4 Å². The summed E-state index contributed by atoms with van der Waals surface area (Å²) >= 11 is 1.87. The second kappa shape index (κ2) is 13.3. The summed E-state index contributed by atoms with van der Waals surface area (Å²) in [5.74, 6) is 0. The molecule has 0 aliphatic heterocycles. The van der Waals surface area contributed by atoms with E-state index < -0.39 is 5.41 Å². The molecule has 1 nitrogen and oxygen atoms in total. The van der Waals surface area contributed by atoms with Gasteiger partial charge in [-0.15, -0.1) is 11.3 Å². The van der Waals surface area contributed by atoms with Gasteiger partial charge < -0.3 is 4.90 Å². The van der Waals surface area contributed by atoms with Crippen molar-refractivity contribution in [1.29, 1.82) is 0 Å². The van der Waals surface area contributed by atoms with E-state index in [-0.39, 0.29) is 5.41 Å². The van der Waals surface area contributed by atoms with E-state index in [0.717, 1.165) is 17.1 Å². The molecule has 2 aliphatic carbocycles. The normalized spacial score (nSPS) is 14.1. The van der Waals surface area contributed by atoms with Crippen LogP contribution < -0.4 is 4.90 Å². The van der Waals surface area contributed by atoms with E-state index in [1.807, 2.05) is 11.3 Å². The van der Waals surface area contributed by atoms with Gasteiger partial charge in [0.1, 0.15) is 0 Å². The molecule has 1 aromatic heterocycles. The Morgan fingerprint density at radius 2 is 0.900 bits per heavy atom. The zero-order valence-corrected chi connectivity index (χ0v) is 34.4. The number of thiophene rings is 1. The lowest BCUT2D eigenvalue weighted by molar-refractivity contribution is 0.660.